The summed E-state index contributed by atoms with van der Waals surface area (Å²) in [5, 5.41) is 3.41. The van der Waals surface area contributed by atoms with Crippen LogP contribution >= 0.6 is 0 Å². The first-order chi connectivity index (χ1) is 12.2. The summed E-state index contributed by atoms with van der Waals surface area (Å²) in [6.07, 6.45) is 6.05. The third-order valence-electron chi connectivity index (χ3n) is 4.75. The predicted molar refractivity (Wildman–Crippen MR) is 95.0 cm³/mol. The summed E-state index contributed by atoms with van der Waals surface area (Å²) < 4.78 is 15.6. The zero-order valence-electron chi connectivity index (χ0n) is 14.7. The highest BCUT2D eigenvalue weighted by Crippen LogP contribution is 2.34. The molecule has 0 aliphatic carbocycles. The Balaban J connectivity index is 1.93. The Morgan fingerprint density at radius 2 is 2.12 bits per heavy atom. The van der Waals surface area contributed by atoms with Gasteiger partial charge in [-0.05, 0) is 30.5 Å². The third-order valence-corrected chi connectivity index (χ3v) is 4.75. The molecular weight excluding hydrogens is 322 g/mol. The Bertz CT molecular complexity index is 656. The van der Waals surface area contributed by atoms with Gasteiger partial charge in [0, 0.05) is 38.6 Å². The summed E-state index contributed by atoms with van der Waals surface area (Å²) in [7, 11) is 2.95. The van der Waals surface area contributed by atoms with Gasteiger partial charge in [0.25, 0.3) is 0 Å². The smallest absolute Gasteiger partial charge is 0.338 e. The number of rotatable bonds is 5. The first-order valence-corrected chi connectivity index (χ1v) is 8.44. The Morgan fingerprint density at radius 3 is 2.80 bits per heavy atom. The van der Waals surface area contributed by atoms with Gasteiger partial charge in [-0.25, -0.2) is 4.79 Å². The minimum atomic E-state index is -0.415. The van der Waals surface area contributed by atoms with Crippen molar-refractivity contribution in [1.82, 2.24) is 5.32 Å². The minimum Gasteiger partial charge on any atom is -0.465 e. The van der Waals surface area contributed by atoms with Gasteiger partial charge in [-0.15, -0.1) is 0 Å². The van der Waals surface area contributed by atoms with E-state index in [0.717, 1.165) is 37.3 Å². The van der Waals surface area contributed by atoms with Gasteiger partial charge in [-0.3, -0.25) is 0 Å². The standard InChI is InChI=1S/C18H25N3O4/c1-23-11-13-9-16(15(19)10-14(13)18(22)24-2)21-6-5-20-17(21)12-3-7-25-8-4-12/h5-6,9-10,12,17,20H,3-4,7-8,11,19H2,1-2H3. The van der Waals surface area contributed by atoms with E-state index in [1.807, 2.05) is 18.5 Å². The van der Waals surface area contributed by atoms with Crippen molar-refractivity contribution in [3.05, 3.63) is 35.7 Å². The number of esters is 1. The maximum atomic E-state index is 12.0. The second-order valence-electron chi connectivity index (χ2n) is 6.28. The number of ether oxygens (including phenoxy) is 3. The summed E-state index contributed by atoms with van der Waals surface area (Å²) in [5.74, 6) is 0.0516. The average Bonchev–Trinajstić information content (AvgIpc) is 3.12. The highest BCUT2D eigenvalue weighted by Gasteiger charge is 2.31. The van der Waals surface area contributed by atoms with Crippen LogP contribution in [-0.2, 0) is 20.8 Å². The van der Waals surface area contributed by atoms with E-state index in [-0.39, 0.29) is 6.17 Å². The number of benzene rings is 1. The van der Waals surface area contributed by atoms with Crippen molar-refractivity contribution in [3.63, 3.8) is 0 Å². The Kier molecular flexibility index (Phi) is 5.45. The fraction of sp³-hybridized carbons (Fsp3) is 0.500. The monoisotopic (exact) mass is 347 g/mol. The number of nitrogens with two attached hydrogens (primary N) is 1. The molecule has 0 bridgehead atoms. The second-order valence-corrected chi connectivity index (χ2v) is 6.28. The number of hydrogen-bond acceptors (Lipinski definition) is 7. The van der Waals surface area contributed by atoms with Gasteiger partial charge in [0.1, 0.15) is 6.17 Å². The third kappa shape index (κ3) is 3.57. The van der Waals surface area contributed by atoms with Crippen LogP contribution in [0.4, 0.5) is 11.4 Å². The number of carbonyl (C=O) groups is 1. The maximum absolute atomic E-state index is 12.0. The molecule has 1 fully saturated rings. The van der Waals surface area contributed by atoms with Crippen LogP contribution in [0.1, 0.15) is 28.8 Å². The SMILES string of the molecule is COCc1cc(N2C=CNC2C2CCOCC2)c(N)cc1C(=O)OC. The van der Waals surface area contributed by atoms with Crippen molar-refractivity contribution in [2.24, 2.45) is 5.92 Å². The maximum Gasteiger partial charge on any atom is 0.338 e. The molecule has 2 aliphatic heterocycles. The molecule has 3 rings (SSSR count). The number of anilines is 2. The van der Waals surface area contributed by atoms with Gasteiger partial charge in [-0.1, -0.05) is 0 Å². The average molecular weight is 347 g/mol. The lowest BCUT2D eigenvalue weighted by Crippen LogP contribution is -2.44. The molecule has 0 amide bonds. The Hall–Kier alpha value is -2.25. The first-order valence-electron chi connectivity index (χ1n) is 8.44. The van der Waals surface area contributed by atoms with E-state index in [0.29, 0.717) is 23.8 Å². The molecule has 1 saturated heterocycles. The molecule has 1 atom stereocenters. The molecule has 0 aromatic heterocycles. The molecule has 1 aromatic carbocycles. The minimum absolute atomic E-state index is 0.130. The number of nitrogen functional groups attached to an aromatic ring is 1. The second kappa shape index (κ2) is 7.76. The van der Waals surface area contributed by atoms with Gasteiger partial charge < -0.3 is 30.2 Å². The van der Waals surface area contributed by atoms with E-state index in [9.17, 15) is 4.79 Å². The summed E-state index contributed by atoms with van der Waals surface area (Å²) in [6.45, 7) is 1.87. The number of nitrogens with one attached hydrogen (secondary N) is 1. The van der Waals surface area contributed by atoms with Crippen molar-refractivity contribution in [1.29, 1.82) is 0 Å². The van der Waals surface area contributed by atoms with Crippen LogP contribution in [0.2, 0.25) is 0 Å². The zero-order chi connectivity index (χ0) is 17.8. The van der Waals surface area contributed by atoms with E-state index in [2.05, 4.69) is 10.2 Å². The normalized spacial score (nSPS) is 20.6. The van der Waals surface area contributed by atoms with Crippen LogP contribution in [0.3, 0.4) is 0 Å². The number of methoxy groups -OCH3 is 2. The molecule has 0 radical (unpaired) electrons. The largest absolute Gasteiger partial charge is 0.465 e. The van der Waals surface area contributed by atoms with Crippen LogP contribution in [0.15, 0.2) is 24.5 Å². The molecule has 25 heavy (non-hydrogen) atoms. The van der Waals surface area contributed by atoms with Gasteiger partial charge in [0.2, 0.25) is 0 Å². The van der Waals surface area contributed by atoms with Crippen LogP contribution < -0.4 is 16.0 Å². The quantitative estimate of drug-likeness (QED) is 0.621. The lowest BCUT2D eigenvalue weighted by atomic mass is 9.95. The van der Waals surface area contributed by atoms with Crippen LogP contribution in [0, 0.1) is 5.92 Å². The van der Waals surface area contributed by atoms with E-state index >= 15 is 0 Å². The van der Waals surface area contributed by atoms with E-state index < -0.39 is 5.97 Å². The molecule has 2 heterocycles. The molecule has 0 spiro atoms. The molecule has 3 N–H and O–H groups in total. The molecule has 7 heteroatoms. The summed E-state index contributed by atoms with van der Waals surface area (Å²) in [6, 6.07) is 3.58. The summed E-state index contributed by atoms with van der Waals surface area (Å²) >= 11 is 0. The van der Waals surface area contributed by atoms with Gasteiger partial charge >= 0.3 is 5.97 Å². The molecule has 1 aromatic rings. The lowest BCUT2D eigenvalue weighted by Gasteiger charge is -2.35. The highest BCUT2D eigenvalue weighted by atomic mass is 16.5. The van der Waals surface area contributed by atoms with Gasteiger partial charge in [-0.2, -0.15) is 0 Å². The van der Waals surface area contributed by atoms with Crippen LogP contribution in [-0.4, -0.2) is 39.6 Å². The Labute approximate surface area is 147 Å². The van der Waals surface area contributed by atoms with Gasteiger partial charge in [0.05, 0.1) is 30.7 Å². The highest BCUT2D eigenvalue weighted by molar-refractivity contribution is 5.94. The molecule has 0 saturated carbocycles. The molecule has 7 nitrogen and oxygen atoms in total. The summed E-state index contributed by atoms with van der Waals surface area (Å²) in [4.78, 5) is 14.1. The topological polar surface area (TPSA) is 86.0 Å². The first kappa shape index (κ1) is 17.6. The molecular formula is C18H25N3O4. The number of hydrogen-bond donors (Lipinski definition) is 2. The number of carbonyl (C=O) groups excluding carboxylic acids is 1. The van der Waals surface area contributed by atoms with E-state index in [4.69, 9.17) is 19.9 Å². The van der Waals surface area contributed by atoms with E-state index in [1.54, 1.807) is 13.2 Å². The van der Waals surface area contributed by atoms with Crippen molar-refractivity contribution >= 4 is 17.3 Å². The van der Waals surface area contributed by atoms with Crippen molar-refractivity contribution in [2.75, 3.05) is 38.1 Å². The molecule has 1 unspecified atom stereocenters. The fourth-order valence-corrected chi connectivity index (χ4v) is 3.47. The number of nitrogens with zero attached hydrogens (tertiary/aromatic N) is 1. The Morgan fingerprint density at radius 1 is 1.36 bits per heavy atom. The summed E-state index contributed by atoms with van der Waals surface area (Å²) in [5.41, 5.74) is 8.85. The molecule has 2 aliphatic rings. The fourth-order valence-electron chi connectivity index (χ4n) is 3.47. The van der Waals surface area contributed by atoms with E-state index in [1.165, 1.54) is 7.11 Å². The molecule has 136 valence electrons. The van der Waals surface area contributed by atoms with Crippen molar-refractivity contribution in [3.8, 4) is 0 Å². The zero-order valence-corrected chi connectivity index (χ0v) is 14.7. The van der Waals surface area contributed by atoms with Crippen LogP contribution in [0.25, 0.3) is 0 Å². The lowest BCUT2D eigenvalue weighted by molar-refractivity contribution is 0.0569. The van der Waals surface area contributed by atoms with Gasteiger partial charge in [0.15, 0.2) is 0 Å². The van der Waals surface area contributed by atoms with Crippen molar-refractivity contribution in [2.45, 2.75) is 25.6 Å². The van der Waals surface area contributed by atoms with Crippen LogP contribution in [0.5, 0.6) is 0 Å². The van der Waals surface area contributed by atoms with Crippen molar-refractivity contribution < 1.29 is 19.0 Å². The predicted octanol–water partition coefficient (Wildman–Crippen LogP) is 1.84.